The fourth-order valence-electron chi connectivity index (χ4n) is 9.36. The van der Waals surface area contributed by atoms with Gasteiger partial charge >= 0.3 is 17.9 Å². The minimum absolute atomic E-state index is 0.00214. The van der Waals surface area contributed by atoms with E-state index in [0.717, 1.165) is 139 Å². The molecule has 1 atom stereocenters. The van der Waals surface area contributed by atoms with E-state index in [-0.39, 0.29) is 24.0 Å². The van der Waals surface area contributed by atoms with Gasteiger partial charge in [0.05, 0.1) is 13.2 Å². The Morgan fingerprint density at radius 2 is 0.970 bits per heavy atom. The average Bonchev–Trinajstić information content (AvgIpc) is 3.64. The van der Waals surface area contributed by atoms with E-state index >= 15 is 0 Å². The normalized spacial score (nSPS) is 12.1. The Labute approximate surface area is 411 Å². The molecule has 0 fully saturated rings. The first kappa shape index (κ1) is 60.2. The molecule has 2 aromatic rings. The number of nitrogens with zero attached hydrogens (tertiary/aromatic N) is 2. The number of rotatable bonds is 47. The number of ether oxygens (including phenoxy) is 3. The summed E-state index contributed by atoms with van der Waals surface area (Å²) in [4.78, 5) is 40.7. The minimum atomic E-state index is -0.693. The van der Waals surface area contributed by atoms with Crippen LogP contribution in [0.5, 0.6) is 0 Å². The SMILES string of the molecule is CCCCCCCCCCCOC(=O)CCCCCN(CCCCCCCC(=O)OC(CCCCCCCC)CCCCCCCC)CCCCOC(=O)[C@H](N)Cc1cn(C)c2ccccc12. The predicted octanol–water partition coefficient (Wildman–Crippen LogP) is 15.1. The number of para-hydroxylation sites is 1. The van der Waals surface area contributed by atoms with Gasteiger partial charge in [0.25, 0.3) is 0 Å². The van der Waals surface area contributed by atoms with Gasteiger partial charge in [-0.25, -0.2) is 0 Å². The molecule has 0 spiro atoms. The van der Waals surface area contributed by atoms with Gasteiger partial charge < -0.3 is 29.4 Å². The third-order valence-corrected chi connectivity index (χ3v) is 13.6. The zero-order chi connectivity index (χ0) is 48.4. The first-order valence-corrected chi connectivity index (χ1v) is 28.3. The topological polar surface area (TPSA) is 113 Å². The smallest absolute Gasteiger partial charge is 0.323 e. The van der Waals surface area contributed by atoms with E-state index < -0.39 is 6.04 Å². The first-order valence-electron chi connectivity index (χ1n) is 28.3. The van der Waals surface area contributed by atoms with Crippen molar-refractivity contribution in [2.75, 3.05) is 32.8 Å². The summed E-state index contributed by atoms with van der Waals surface area (Å²) in [5.74, 6) is -0.402. The Kier molecular flexibility index (Phi) is 37.8. The van der Waals surface area contributed by atoms with Crippen LogP contribution in [-0.2, 0) is 42.1 Å². The number of carbonyl (C=O) groups is 3. The molecular weight excluding hydrogens is 835 g/mol. The van der Waals surface area contributed by atoms with Crippen molar-refractivity contribution in [3.8, 4) is 0 Å². The number of esters is 3. The van der Waals surface area contributed by atoms with E-state index in [1.165, 1.54) is 109 Å². The summed E-state index contributed by atoms with van der Waals surface area (Å²) in [6.07, 6.45) is 42.2. The Balaban J connectivity index is 1.71. The van der Waals surface area contributed by atoms with Gasteiger partial charge in [0, 0.05) is 43.4 Å². The molecule has 0 saturated heterocycles. The Morgan fingerprint density at radius 1 is 0.537 bits per heavy atom. The van der Waals surface area contributed by atoms with Crippen LogP contribution in [0.4, 0.5) is 0 Å². The molecule has 0 radical (unpaired) electrons. The van der Waals surface area contributed by atoms with Gasteiger partial charge in [0.15, 0.2) is 0 Å². The Hall–Kier alpha value is -2.91. The van der Waals surface area contributed by atoms with Crippen LogP contribution in [0.25, 0.3) is 10.9 Å². The van der Waals surface area contributed by atoms with Crippen molar-refractivity contribution in [2.45, 2.75) is 264 Å². The number of aryl methyl sites for hydroxylation is 1. The number of aromatic nitrogens is 1. The first-order chi connectivity index (χ1) is 32.8. The van der Waals surface area contributed by atoms with Crippen LogP contribution in [0.2, 0.25) is 0 Å². The highest BCUT2D eigenvalue weighted by molar-refractivity contribution is 5.85. The third-order valence-electron chi connectivity index (χ3n) is 13.6. The molecule has 1 heterocycles. The van der Waals surface area contributed by atoms with E-state index in [0.29, 0.717) is 32.5 Å². The van der Waals surface area contributed by atoms with Gasteiger partial charge in [-0.1, -0.05) is 180 Å². The summed E-state index contributed by atoms with van der Waals surface area (Å²) in [6, 6.07) is 7.49. The summed E-state index contributed by atoms with van der Waals surface area (Å²) in [5, 5.41) is 1.12. The van der Waals surface area contributed by atoms with Crippen LogP contribution < -0.4 is 5.73 Å². The molecule has 0 saturated carbocycles. The molecule has 0 bridgehead atoms. The lowest BCUT2D eigenvalue weighted by atomic mass is 10.0. The number of carbonyl (C=O) groups excluding carboxylic acids is 3. The molecular formula is C58H103N3O6. The maximum absolute atomic E-state index is 12.9. The molecule has 386 valence electrons. The second-order valence-electron chi connectivity index (χ2n) is 19.9. The van der Waals surface area contributed by atoms with Crippen LogP contribution in [0.15, 0.2) is 30.5 Å². The summed E-state index contributed by atoms with van der Waals surface area (Å²) in [5.41, 5.74) is 8.51. The molecule has 67 heavy (non-hydrogen) atoms. The summed E-state index contributed by atoms with van der Waals surface area (Å²) in [6.45, 7) is 10.7. The van der Waals surface area contributed by atoms with Crippen LogP contribution in [0, 0.1) is 0 Å². The third kappa shape index (κ3) is 31.8. The van der Waals surface area contributed by atoms with Gasteiger partial charge in [-0.3, -0.25) is 14.4 Å². The maximum Gasteiger partial charge on any atom is 0.323 e. The average molecular weight is 938 g/mol. The van der Waals surface area contributed by atoms with Crippen molar-refractivity contribution in [1.82, 2.24) is 9.47 Å². The molecule has 0 unspecified atom stereocenters. The molecule has 9 nitrogen and oxygen atoms in total. The number of hydrogen-bond acceptors (Lipinski definition) is 8. The van der Waals surface area contributed by atoms with E-state index in [1.54, 1.807) is 0 Å². The molecule has 9 heteroatoms. The number of benzene rings is 1. The fraction of sp³-hybridized carbons (Fsp3) is 0.810. The van der Waals surface area contributed by atoms with E-state index in [9.17, 15) is 14.4 Å². The van der Waals surface area contributed by atoms with Crippen LogP contribution in [0.3, 0.4) is 0 Å². The van der Waals surface area contributed by atoms with Crippen molar-refractivity contribution in [3.05, 3.63) is 36.0 Å². The van der Waals surface area contributed by atoms with Crippen molar-refractivity contribution < 1.29 is 28.6 Å². The quantitative estimate of drug-likeness (QED) is 0.0397. The monoisotopic (exact) mass is 938 g/mol. The fourth-order valence-corrected chi connectivity index (χ4v) is 9.36. The zero-order valence-electron chi connectivity index (χ0n) is 44.0. The highest BCUT2D eigenvalue weighted by atomic mass is 16.5. The minimum Gasteiger partial charge on any atom is -0.466 e. The van der Waals surface area contributed by atoms with Crippen molar-refractivity contribution >= 4 is 28.8 Å². The van der Waals surface area contributed by atoms with E-state index in [2.05, 4.69) is 48.6 Å². The molecule has 1 aromatic carbocycles. The number of hydrogen-bond donors (Lipinski definition) is 1. The highest BCUT2D eigenvalue weighted by Crippen LogP contribution is 2.22. The zero-order valence-corrected chi connectivity index (χ0v) is 44.0. The van der Waals surface area contributed by atoms with Gasteiger partial charge in [-0.05, 0) is 102 Å². The largest absolute Gasteiger partial charge is 0.466 e. The number of fused-ring (bicyclic) bond motifs is 1. The predicted molar refractivity (Wildman–Crippen MR) is 281 cm³/mol. The van der Waals surface area contributed by atoms with Crippen molar-refractivity contribution in [1.29, 1.82) is 0 Å². The van der Waals surface area contributed by atoms with Crippen molar-refractivity contribution in [3.63, 3.8) is 0 Å². The van der Waals surface area contributed by atoms with Crippen LogP contribution in [0.1, 0.15) is 251 Å². The lowest BCUT2D eigenvalue weighted by molar-refractivity contribution is -0.150. The van der Waals surface area contributed by atoms with Crippen molar-refractivity contribution in [2.24, 2.45) is 12.8 Å². The van der Waals surface area contributed by atoms with Gasteiger partial charge in [-0.15, -0.1) is 0 Å². The molecule has 0 aliphatic carbocycles. The highest BCUT2D eigenvalue weighted by Gasteiger charge is 2.19. The van der Waals surface area contributed by atoms with E-state index in [4.69, 9.17) is 19.9 Å². The molecule has 0 amide bonds. The van der Waals surface area contributed by atoms with Crippen LogP contribution in [-0.4, -0.2) is 72.4 Å². The lowest BCUT2D eigenvalue weighted by Crippen LogP contribution is -2.34. The van der Waals surface area contributed by atoms with Gasteiger partial charge in [0.1, 0.15) is 12.1 Å². The number of nitrogens with two attached hydrogens (primary N) is 1. The summed E-state index contributed by atoms with van der Waals surface area (Å²) < 4.78 is 19.4. The van der Waals surface area contributed by atoms with Crippen LogP contribution >= 0.6 is 0 Å². The Bertz CT molecular complexity index is 1480. The summed E-state index contributed by atoms with van der Waals surface area (Å²) >= 11 is 0. The van der Waals surface area contributed by atoms with Gasteiger partial charge in [-0.2, -0.15) is 0 Å². The van der Waals surface area contributed by atoms with Gasteiger partial charge in [0.2, 0.25) is 0 Å². The summed E-state index contributed by atoms with van der Waals surface area (Å²) in [7, 11) is 2.01. The molecule has 2 rings (SSSR count). The molecule has 1 aromatic heterocycles. The molecule has 0 aliphatic rings. The number of unbranched alkanes of at least 4 members (excludes halogenated alkanes) is 25. The second-order valence-corrected chi connectivity index (χ2v) is 19.9. The van der Waals surface area contributed by atoms with E-state index in [1.807, 2.05) is 19.2 Å². The maximum atomic E-state index is 12.9. The molecule has 2 N–H and O–H groups in total. The molecule has 0 aliphatic heterocycles. The lowest BCUT2D eigenvalue weighted by Gasteiger charge is -2.22. The Morgan fingerprint density at radius 3 is 1.55 bits per heavy atom. The standard InChI is InChI=1S/C58H103N3O6/c1-5-8-11-14-17-18-19-25-36-47-65-56(62)42-30-26-34-45-61(46-35-37-48-66-58(64)54(59)49-51-50-60(4)55-41-32-31-40-53(51)55)44-33-24-20-23-29-43-57(63)67-52(38-27-21-15-12-9-6-2)39-28-22-16-13-10-7-3/h31-32,40-41,50,52,54H,5-30,33-39,42-49,59H2,1-4H3/t54-/m1/s1. The second kappa shape index (κ2) is 42.0.